The van der Waals surface area contributed by atoms with E-state index in [1.165, 1.54) is 12.1 Å². The molecule has 4 heteroatoms. The fraction of sp³-hybridized carbons (Fsp3) is 0.364. The van der Waals surface area contributed by atoms with Crippen LogP contribution in [-0.4, -0.2) is 16.6 Å². The lowest BCUT2D eigenvalue weighted by Crippen LogP contribution is -2.52. The van der Waals surface area contributed by atoms with E-state index in [-0.39, 0.29) is 12.2 Å². The number of nitrogens with two attached hydrogens (primary N) is 1. The zero-order valence-electron chi connectivity index (χ0n) is 8.16. The van der Waals surface area contributed by atoms with Gasteiger partial charge in [-0.3, -0.25) is 4.79 Å². The lowest BCUT2D eigenvalue weighted by Gasteiger charge is -2.30. The van der Waals surface area contributed by atoms with Gasteiger partial charge in [0.2, 0.25) is 0 Å². The first kappa shape index (κ1) is 10.1. The van der Waals surface area contributed by atoms with Gasteiger partial charge in [-0.25, -0.2) is 4.39 Å². The van der Waals surface area contributed by atoms with E-state index in [1.54, 1.807) is 6.07 Å². The van der Waals surface area contributed by atoms with Crippen LogP contribution < -0.4 is 5.73 Å². The Labute approximate surface area is 86.7 Å². The van der Waals surface area contributed by atoms with Crippen molar-refractivity contribution < 1.29 is 14.3 Å². The molecule has 0 heterocycles. The minimum Gasteiger partial charge on any atom is -0.480 e. The van der Waals surface area contributed by atoms with E-state index in [0.29, 0.717) is 18.4 Å². The summed E-state index contributed by atoms with van der Waals surface area (Å²) in [5.41, 5.74) is 6.22. The van der Waals surface area contributed by atoms with Gasteiger partial charge < -0.3 is 10.8 Å². The van der Waals surface area contributed by atoms with Gasteiger partial charge in [-0.2, -0.15) is 0 Å². The Kier molecular flexibility index (Phi) is 2.23. The molecule has 1 aromatic carbocycles. The third kappa shape index (κ3) is 1.72. The van der Waals surface area contributed by atoms with E-state index in [9.17, 15) is 9.18 Å². The minimum absolute atomic E-state index is 0.204. The second-order valence-corrected chi connectivity index (χ2v) is 4.05. The molecule has 0 amide bonds. The van der Waals surface area contributed by atoms with Crippen LogP contribution in [0.3, 0.4) is 0 Å². The summed E-state index contributed by atoms with van der Waals surface area (Å²) in [7, 11) is 0. The number of hydrogen-bond acceptors (Lipinski definition) is 2. The Hall–Kier alpha value is -1.42. The topological polar surface area (TPSA) is 63.3 Å². The number of carboxylic acid groups (broad SMARTS) is 1. The van der Waals surface area contributed by atoms with Crippen molar-refractivity contribution in [3.63, 3.8) is 0 Å². The molecule has 0 aromatic heterocycles. The Morgan fingerprint density at radius 2 is 2.20 bits per heavy atom. The van der Waals surface area contributed by atoms with Crippen molar-refractivity contribution in [1.29, 1.82) is 0 Å². The zero-order chi connectivity index (χ0) is 11.1. The van der Waals surface area contributed by atoms with Gasteiger partial charge in [-0.1, -0.05) is 6.07 Å². The largest absolute Gasteiger partial charge is 0.480 e. The summed E-state index contributed by atoms with van der Waals surface area (Å²) in [5.74, 6) is -1.36. The maximum Gasteiger partial charge on any atom is 0.324 e. The number of aliphatic carboxylic acids is 1. The normalized spacial score (nSPS) is 24.7. The first-order chi connectivity index (χ1) is 7.01. The van der Waals surface area contributed by atoms with Crippen LogP contribution in [0.5, 0.6) is 0 Å². The van der Waals surface area contributed by atoms with Gasteiger partial charge in [0.05, 0.1) is 0 Å². The Balaban J connectivity index is 2.37. The summed E-state index contributed by atoms with van der Waals surface area (Å²) in [6.07, 6.45) is 1.20. The average Bonchev–Trinajstić information content (AvgIpc) is 2.16. The fourth-order valence-corrected chi connectivity index (χ4v) is 1.97. The van der Waals surface area contributed by atoms with Gasteiger partial charge in [0.25, 0.3) is 0 Å². The molecular formula is C11H12FNO2. The zero-order valence-corrected chi connectivity index (χ0v) is 8.16. The quantitative estimate of drug-likeness (QED) is 0.727. The van der Waals surface area contributed by atoms with Crippen LogP contribution in [0, 0.1) is 5.82 Å². The SMILES string of the molecule is NC1(C(=O)O)CCc2ccc(F)cc2C1. The summed E-state index contributed by atoms with van der Waals surface area (Å²) < 4.78 is 13.0. The predicted molar refractivity (Wildman–Crippen MR) is 53.0 cm³/mol. The highest BCUT2D eigenvalue weighted by molar-refractivity contribution is 5.79. The highest BCUT2D eigenvalue weighted by atomic mass is 19.1. The van der Waals surface area contributed by atoms with Gasteiger partial charge in [0.15, 0.2) is 0 Å². The maximum atomic E-state index is 13.0. The lowest BCUT2D eigenvalue weighted by molar-refractivity contribution is -0.143. The highest BCUT2D eigenvalue weighted by Gasteiger charge is 2.37. The molecule has 0 radical (unpaired) electrons. The molecular weight excluding hydrogens is 197 g/mol. The highest BCUT2D eigenvalue weighted by Crippen LogP contribution is 2.27. The van der Waals surface area contributed by atoms with E-state index in [2.05, 4.69) is 0 Å². The van der Waals surface area contributed by atoms with E-state index in [1.807, 2.05) is 0 Å². The van der Waals surface area contributed by atoms with Gasteiger partial charge in [-0.15, -0.1) is 0 Å². The fourth-order valence-electron chi connectivity index (χ4n) is 1.97. The number of fused-ring (bicyclic) bond motifs is 1. The average molecular weight is 209 g/mol. The van der Waals surface area contributed by atoms with Crippen LogP contribution >= 0.6 is 0 Å². The van der Waals surface area contributed by atoms with E-state index in [0.717, 1.165) is 5.56 Å². The number of carbonyl (C=O) groups is 1. The van der Waals surface area contributed by atoms with Crippen molar-refractivity contribution in [2.45, 2.75) is 24.8 Å². The van der Waals surface area contributed by atoms with Gasteiger partial charge >= 0.3 is 5.97 Å². The summed E-state index contributed by atoms with van der Waals surface area (Å²) >= 11 is 0. The summed E-state index contributed by atoms with van der Waals surface area (Å²) in [4.78, 5) is 11.0. The molecule has 0 aliphatic heterocycles. The molecule has 0 saturated heterocycles. The van der Waals surface area contributed by atoms with Crippen molar-refractivity contribution in [3.05, 3.63) is 35.1 Å². The molecule has 1 unspecified atom stereocenters. The first-order valence-corrected chi connectivity index (χ1v) is 4.81. The number of halogens is 1. The summed E-state index contributed by atoms with van der Waals surface area (Å²) in [5, 5.41) is 8.97. The molecule has 0 fully saturated rings. The van der Waals surface area contributed by atoms with Crippen molar-refractivity contribution >= 4 is 5.97 Å². The molecule has 0 spiro atoms. The molecule has 1 aliphatic carbocycles. The third-order valence-electron chi connectivity index (χ3n) is 2.94. The molecule has 3 N–H and O–H groups in total. The molecule has 0 bridgehead atoms. The molecule has 0 saturated carbocycles. The summed E-state index contributed by atoms with van der Waals surface area (Å²) in [6.45, 7) is 0. The van der Waals surface area contributed by atoms with Crippen molar-refractivity contribution in [1.82, 2.24) is 0 Å². The molecule has 1 aromatic rings. The number of hydrogen-bond donors (Lipinski definition) is 2. The Bertz CT molecular complexity index is 419. The second-order valence-electron chi connectivity index (χ2n) is 4.05. The minimum atomic E-state index is -1.24. The second kappa shape index (κ2) is 3.31. The number of benzene rings is 1. The monoisotopic (exact) mass is 209 g/mol. The Morgan fingerprint density at radius 3 is 2.87 bits per heavy atom. The maximum absolute atomic E-state index is 13.0. The van der Waals surface area contributed by atoms with Gasteiger partial charge in [-0.05, 0) is 36.1 Å². The van der Waals surface area contributed by atoms with Crippen LogP contribution in [0.1, 0.15) is 17.5 Å². The van der Waals surface area contributed by atoms with E-state index >= 15 is 0 Å². The standard InChI is InChI=1S/C11H12FNO2/c12-9-2-1-7-3-4-11(13,10(14)15)6-8(7)5-9/h1-2,5H,3-4,6,13H2,(H,14,15). The van der Waals surface area contributed by atoms with Gasteiger partial charge in [0.1, 0.15) is 11.4 Å². The van der Waals surface area contributed by atoms with Crippen LogP contribution in [0.25, 0.3) is 0 Å². The van der Waals surface area contributed by atoms with Crippen molar-refractivity contribution in [2.75, 3.05) is 0 Å². The number of carboxylic acids is 1. The van der Waals surface area contributed by atoms with E-state index in [4.69, 9.17) is 10.8 Å². The van der Waals surface area contributed by atoms with Crippen molar-refractivity contribution in [2.24, 2.45) is 5.73 Å². The third-order valence-corrected chi connectivity index (χ3v) is 2.94. The molecule has 1 atom stereocenters. The molecule has 3 nitrogen and oxygen atoms in total. The molecule has 80 valence electrons. The predicted octanol–water partition coefficient (Wildman–Crippen LogP) is 1.10. The molecule has 15 heavy (non-hydrogen) atoms. The smallest absolute Gasteiger partial charge is 0.324 e. The number of aryl methyl sites for hydroxylation is 1. The first-order valence-electron chi connectivity index (χ1n) is 4.81. The summed E-state index contributed by atoms with van der Waals surface area (Å²) in [6, 6.07) is 4.47. The van der Waals surface area contributed by atoms with Crippen LogP contribution in [0.15, 0.2) is 18.2 Å². The molecule has 1 aliphatic rings. The van der Waals surface area contributed by atoms with Crippen molar-refractivity contribution in [3.8, 4) is 0 Å². The van der Waals surface area contributed by atoms with Crippen LogP contribution in [0.2, 0.25) is 0 Å². The Morgan fingerprint density at radius 1 is 1.47 bits per heavy atom. The van der Waals surface area contributed by atoms with Gasteiger partial charge in [0, 0.05) is 6.42 Å². The molecule has 2 rings (SSSR count). The van der Waals surface area contributed by atoms with E-state index < -0.39 is 11.5 Å². The van der Waals surface area contributed by atoms with Crippen LogP contribution in [0.4, 0.5) is 4.39 Å². The number of rotatable bonds is 1. The van der Waals surface area contributed by atoms with Crippen LogP contribution in [-0.2, 0) is 17.6 Å². The lowest BCUT2D eigenvalue weighted by atomic mass is 9.79.